The Kier molecular flexibility index (Phi) is 4.30. The van der Waals surface area contributed by atoms with Gasteiger partial charge in [0, 0.05) is 31.6 Å². The molecule has 1 saturated heterocycles. The number of nitrogens with zero attached hydrogens (tertiary/aromatic N) is 2. The molecule has 0 spiro atoms. The van der Waals surface area contributed by atoms with E-state index in [1.54, 1.807) is 40.1 Å². The second-order valence-corrected chi connectivity index (χ2v) is 6.99. The van der Waals surface area contributed by atoms with E-state index in [1.807, 2.05) is 17.5 Å². The summed E-state index contributed by atoms with van der Waals surface area (Å²) in [6.45, 7) is 1.67. The Morgan fingerprint density at radius 3 is 2.31 bits per heavy atom. The lowest BCUT2D eigenvalue weighted by Crippen LogP contribution is -2.51. The van der Waals surface area contributed by atoms with Crippen LogP contribution in [0.25, 0.3) is 11.0 Å². The van der Waals surface area contributed by atoms with Crippen LogP contribution in [0.1, 0.15) is 20.0 Å². The number of piperazine rings is 1. The van der Waals surface area contributed by atoms with Crippen molar-refractivity contribution in [2.45, 2.75) is 0 Å². The summed E-state index contributed by atoms with van der Waals surface area (Å²) in [4.78, 5) is 41.3. The third-order valence-electron chi connectivity index (χ3n) is 4.46. The van der Waals surface area contributed by atoms with E-state index >= 15 is 0 Å². The van der Waals surface area contributed by atoms with Crippen LogP contribution in [-0.4, -0.2) is 47.8 Å². The molecule has 0 saturated carbocycles. The van der Waals surface area contributed by atoms with Gasteiger partial charge in [-0.3, -0.25) is 9.59 Å². The van der Waals surface area contributed by atoms with Gasteiger partial charge in [0.1, 0.15) is 11.1 Å². The monoisotopic (exact) mass is 368 g/mol. The van der Waals surface area contributed by atoms with Crippen LogP contribution in [0.15, 0.2) is 57.1 Å². The molecule has 26 heavy (non-hydrogen) atoms. The minimum atomic E-state index is -0.634. The lowest BCUT2D eigenvalue weighted by molar-refractivity contribution is 0.0536. The molecule has 0 N–H and O–H groups in total. The number of thiophene rings is 1. The summed E-state index contributed by atoms with van der Waals surface area (Å²) in [7, 11) is 0. The maximum Gasteiger partial charge on any atom is 0.349 e. The van der Waals surface area contributed by atoms with E-state index < -0.39 is 5.63 Å². The maximum absolute atomic E-state index is 12.7. The molecule has 0 aliphatic carbocycles. The summed E-state index contributed by atoms with van der Waals surface area (Å²) in [6.07, 6.45) is 0. The van der Waals surface area contributed by atoms with E-state index in [0.717, 1.165) is 0 Å². The molecule has 1 aliphatic heterocycles. The summed E-state index contributed by atoms with van der Waals surface area (Å²) >= 11 is 1.41. The first-order valence-corrected chi connectivity index (χ1v) is 9.16. The molecule has 0 unspecified atom stereocenters. The minimum Gasteiger partial charge on any atom is -0.422 e. The molecule has 0 atom stereocenters. The van der Waals surface area contributed by atoms with Crippen molar-refractivity contribution in [2.24, 2.45) is 0 Å². The van der Waals surface area contributed by atoms with Crippen LogP contribution in [0, 0.1) is 0 Å². The van der Waals surface area contributed by atoms with Gasteiger partial charge in [-0.15, -0.1) is 11.3 Å². The van der Waals surface area contributed by atoms with E-state index in [0.29, 0.717) is 42.0 Å². The van der Waals surface area contributed by atoms with Crippen molar-refractivity contribution in [1.29, 1.82) is 0 Å². The minimum absolute atomic E-state index is 0.0164. The summed E-state index contributed by atoms with van der Waals surface area (Å²) in [6, 6.07) is 12.3. The highest BCUT2D eigenvalue weighted by Crippen LogP contribution is 2.16. The fraction of sp³-hybridized carbons (Fsp3) is 0.211. The third kappa shape index (κ3) is 3.01. The molecule has 2 amide bonds. The lowest BCUT2D eigenvalue weighted by atomic mass is 10.1. The fourth-order valence-corrected chi connectivity index (χ4v) is 3.74. The number of benzene rings is 1. The van der Waals surface area contributed by atoms with Gasteiger partial charge < -0.3 is 14.2 Å². The molecular weight excluding hydrogens is 352 g/mol. The van der Waals surface area contributed by atoms with Gasteiger partial charge in [0.25, 0.3) is 11.8 Å². The van der Waals surface area contributed by atoms with Crippen LogP contribution < -0.4 is 5.63 Å². The number of amides is 2. The molecule has 0 radical (unpaired) electrons. The molecule has 132 valence electrons. The molecule has 7 heteroatoms. The number of carbonyl (C=O) groups is 2. The molecular formula is C19H16N2O4S. The van der Waals surface area contributed by atoms with E-state index in [9.17, 15) is 14.4 Å². The van der Waals surface area contributed by atoms with Crippen molar-refractivity contribution in [2.75, 3.05) is 26.2 Å². The highest BCUT2D eigenvalue weighted by Gasteiger charge is 2.27. The first-order valence-electron chi connectivity index (χ1n) is 8.28. The first-order chi connectivity index (χ1) is 12.6. The van der Waals surface area contributed by atoms with Gasteiger partial charge in [-0.2, -0.15) is 0 Å². The summed E-state index contributed by atoms with van der Waals surface area (Å²) < 4.78 is 5.25. The lowest BCUT2D eigenvalue weighted by Gasteiger charge is -2.34. The SMILES string of the molecule is O=C(c1cccs1)N1CCN(C(=O)c2cc3ccccc3oc2=O)CC1. The van der Waals surface area contributed by atoms with Gasteiger partial charge in [-0.1, -0.05) is 24.3 Å². The zero-order chi connectivity index (χ0) is 18.1. The smallest absolute Gasteiger partial charge is 0.349 e. The molecule has 3 heterocycles. The van der Waals surface area contributed by atoms with Gasteiger partial charge in [0.15, 0.2) is 0 Å². The van der Waals surface area contributed by atoms with Crippen molar-refractivity contribution >= 4 is 34.1 Å². The van der Waals surface area contributed by atoms with Crippen LogP contribution in [0.2, 0.25) is 0 Å². The molecule has 1 fully saturated rings. The van der Waals surface area contributed by atoms with Crippen LogP contribution in [0.5, 0.6) is 0 Å². The molecule has 3 aromatic rings. The number of hydrogen-bond donors (Lipinski definition) is 0. The Balaban J connectivity index is 1.49. The highest BCUT2D eigenvalue weighted by atomic mass is 32.1. The Morgan fingerprint density at radius 2 is 1.62 bits per heavy atom. The first kappa shape index (κ1) is 16.5. The number of carbonyl (C=O) groups excluding carboxylic acids is 2. The quantitative estimate of drug-likeness (QED) is 0.652. The van der Waals surface area contributed by atoms with Crippen LogP contribution >= 0.6 is 11.3 Å². The molecule has 0 bridgehead atoms. The number of fused-ring (bicyclic) bond motifs is 1. The van der Waals surface area contributed by atoms with Crippen molar-refractivity contribution in [3.63, 3.8) is 0 Å². The predicted octanol–water partition coefficient (Wildman–Crippen LogP) is 2.45. The predicted molar refractivity (Wildman–Crippen MR) is 98.6 cm³/mol. The summed E-state index contributed by atoms with van der Waals surface area (Å²) in [5.41, 5.74) is -0.145. The fourth-order valence-electron chi connectivity index (χ4n) is 3.05. The van der Waals surface area contributed by atoms with E-state index in [4.69, 9.17) is 4.42 Å². The zero-order valence-electron chi connectivity index (χ0n) is 13.9. The van der Waals surface area contributed by atoms with E-state index in [2.05, 4.69) is 0 Å². The highest BCUT2D eigenvalue weighted by molar-refractivity contribution is 7.12. The molecule has 1 aliphatic rings. The van der Waals surface area contributed by atoms with Gasteiger partial charge in [-0.05, 0) is 23.6 Å². The number of para-hydroxylation sites is 1. The van der Waals surface area contributed by atoms with Crippen molar-refractivity contribution in [3.05, 3.63) is 68.7 Å². The number of hydrogen-bond acceptors (Lipinski definition) is 5. The Labute approximate surface area is 153 Å². The van der Waals surface area contributed by atoms with Crippen LogP contribution in [0.4, 0.5) is 0 Å². The molecule has 4 rings (SSSR count). The Morgan fingerprint density at radius 1 is 0.923 bits per heavy atom. The molecule has 1 aromatic carbocycles. The van der Waals surface area contributed by atoms with Crippen molar-refractivity contribution < 1.29 is 14.0 Å². The van der Waals surface area contributed by atoms with E-state index in [-0.39, 0.29) is 17.4 Å². The molecule has 2 aromatic heterocycles. The van der Waals surface area contributed by atoms with Gasteiger partial charge in [-0.25, -0.2) is 4.79 Å². The average molecular weight is 368 g/mol. The number of rotatable bonds is 2. The maximum atomic E-state index is 12.7. The normalized spacial score (nSPS) is 14.6. The van der Waals surface area contributed by atoms with Crippen LogP contribution in [0.3, 0.4) is 0 Å². The van der Waals surface area contributed by atoms with E-state index in [1.165, 1.54) is 11.3 Å². The van der Waals surface area contributed by atoms with Gasteiger partial charge in [0.2, 0.25) is 0 Å². The van der Waals surface area contributed by atoms with Crippen molar-refractivity contribution in [1.82, 2.24) is 9.80 Å². The largest absolute Gasteiger partial charge is 0.422 e. The van der Waals surface area contributed by atoms with Crippen molar-refractivity contribution in [3.8, 4) is 0 Å². The summed E-state index contributed by atoms with van der Waals surface area (Å²) in [5, 5.41) is 2.58. The Bertz CT molecular complexity index is 1020. The average Bonchev–Trinajstić information content (AvgIpc) is 3.21. The topological polar surface area (TPSA) is 70.8 Å². The van der Waals surface area contributed by atoms with Crippen LogP contribution in [-0.2, 0) is 0 Å². The zero-order valence-corrected chi connectivity index (χ0v) is 14.7. The second-order valence-electron chi connectivity index (χ2n) is 6.05. The van der Waals surface area contributed by atoms with Gasteiger partial charge >= 0.3 is 5.63 Å². The standard InChI is InChI=1S/C19H16N2O4S/c22-17(14-12-13-4-1-2-5-15(13)25-19(14)24)20-7-9-21(10-8-20)18(23)16-6-3-11-26-16/h1-6,11-12H,7-10H2. The third-order valence-corrected chi connectivity index (χ3v) is 5.32. The summed E-state index contributed by atoms with van der Waals surface area (Å²) in [5.74, 6) is -0.370. The second kappa shape index (κ2) is 6.76. The van der Waals surface area contributed by atoms with Gasteiger partial charge in [0.05, 0.1) is 4.88 Å². The molecule has 6 nitrogen and oxygen atoms in total. The Hall–Kier alpha value is -2.93.